The molecule has 7 nitrogen and oxygen atoms in total. The van der Waals surface area contributed by atoms with Crippen LogP contribution in [-0.2, 0) is 0 Å². The van der Waals surface area contributed by atoms with Crippen molar-refractivity contribution in [3.05, 3.63) is 58.0 Å². The average molecular weight is 325 g/mol. The highest BCUT2D eigenvalue weighted by molar-refractivity contribution is 5.83. The van der Waals surface area contributed by atoms with Gasteiger partial charge in [-0.05, 0) is 43.3 Å². The van der Waals surface area contributed by atoms with Crippen molar-refractivity contribution >= 4 is 16.7 Å². The number of rotatable bonds is 1. The van der Waals surface area contributed by atoms with E-state index in [0.29, 0.717) is 22.4 Å². The van der Waals surface area contributed by atoms with Crippen LogP contribution in [0.25, 0.3) is 16.7 Å². The van der Waals surface area contributed by atoms with Gasteiger partial charge in [-0.1, -0.05) is 0 Å². The molecule has 0 unspecified atom stereocenters. The summed E-state index contributed by atoms with van der Waals surface area (Å²) in [5, 5.41) is 26.7. The molecule has 0 amide bonds. The molecule has 0 spiro atoms. The number of pyridine rings is 2. The first-order valence-electron chi connectivity index (χ1n) is 7.04. The van der Waals surface area contributed by atoms with Crippen molar-refractivity contribution in [2.24, 2.45) is 0 Å². The molecule has 0 aliphatic rings. The van der Waals surface area contributed by atoms with E-state index < -0.39 is 5.56 Å². The van der Waals surface area contributed by atoms with Gasteiger partial charge in [0.2, 0.25) is 0 Å². The molecule has 2 aromatic heterocycles. The summed E-state index contributed by atoms with van der Waals surface area (Å²) >= 11 is 0. The summed E-state index contributed by atoms with van der Waals surface area (Å²) in [5.41, 5.74) is 7.17. The molecular formula is C17H17N4O3+. The number of aryl methyl sites for hydroxylation is 1. The van der Waals surface area contributed by atoms with E-state index in [4.69, 9.17) is 10.8 Å². The Morgan fingerprint density at radius 2 is 1.79 bits per heavy atom. The predicted octanol–water partition coefficient (Wildman–Crippen LogP) is 0.881. The molecule has 0 bridgehead atoms. The molecule has 3 rings (SSSR count). The topological polar surface area (TPSA) is 126 Å². The summed E-state index contributed by atoms with van der Waals surface area (Å²) in [6, 6.07) is 11.9. The molecule has 122 valence electrons. The minimum atomic E-state index is -0.584. The number of fused-ring (bicyclic) bond motifs is 1. The number of nitrogen functional groups attached to an aromatic ring is 1. The zero-order chi connectivity index (χ0) is 17.9. The molecular weight excluding hydrogens is 308 g/mol. The van der Waals surface area contributed by atoms with E-state index in [1.807, 2.05) is 6.92 Å². The number of H-pyrrole nitrogens is 1. The highest BCUT2D eigenvalue weighted by atomic mass is 16.3. The van der Waals surface area contributed by atoms with Crippen LogP contribution in [0.5, 0.6) is 5.75 Å². The minimum Gasteiger partial charge on any atom is -0.505 e. The van der Waals surface area contributed by atoms with Crippen molar-refractivity contribution in [2.75, 3.05) is 12.8 Å². The number of aromatic hydroxyl groups is 1. The van der Waals surface area contributed by atoms with E-state index in [1.54, 1.807) is 42.5 Å². The number of hydrogen-bond acceptors (Lipinski definition) is 5. The van der Waals surface area contributed by atoms with Crippen LogP contribution in [0.15, 0.2) is 41.2 Å². The van der Waals surface area contributed by atoms with Crippen LogP contribution in [-0.4, -0.2) is 21.9 Å². The van der Waals surface area contributed by atoms with Crippen LogP contribution in [0.1, 0.15) is 11.3 Å². The van der Waals surface area contributed by atoms with Gasteiger partial charge in [-0.3, -0.25) is 0 Å². The number of nitrogens with two attached hydrogens (primary N) is 1. The molecule has 0 aliphatic carbocycles. The first kappa shape index (κ1) is 17.0. The highest BCUT2D eigenvalue weighted by Gasteiger charge is 2.24. The van der Waals surface area contributed by atoms with Crippen molar-refractivity contribution in [3.63, 3.8) is 0 Å². The number of nitriles is 1. The Labute approximate surface area is 137 Å². The van der Waals surface area contributed by atoms with E-state index in [9.17, 15) is 15.2 Å². The second-order valence-electron chi connectivity index (χ2n) is 4.97. The predicted molar refractivity (Wildman–Crippen MR) is 89.8 cm³/mol. The van der Waals surface area contributed by atoms with Gasteiger partial charge in [-0.15, -0.1) is 0 Å². The molecule has 0 fully saturated rings. The summed E-state index contributed by atoms with van der Waals surface area (Å²) in [6.45, 7) is 1.84. The summed E-state index contributed by atoms with van der Waals surface area (Å²) in [4.78, 5) is 15.6. The number of aromatic nitrogens is 2. The lowest BCUT2D eigenvalue weighted by molar-refractivity contribution is -0.358. The Morgan fingerprint density at radius 3 is 2.38 bits per heavy atom. The van der Waals surface area contributed by atoms with E-state index in [-0.39, 0.29) is 11.3 Å². The van der Waals surface area contributed by atoms with Crippen molar-refractivity contribution < 1.29 is 15.2 Å². The van der Waals surface area contributed by atoms with Gasteiger partial charge in [-0.25, -0.2) is 9.78 Å². The molecule has 24 heavy (non-hydrogen) atoms. The third-order valence-electron chi connectivity index (χ3n) is 3.47. The number of nitrogens with zero attached hydrogens (tertiary/aromatic N) is 2. The van der Waals surface area contributed by atoms with E-state index in [1.165, 1.54) is 4.57 Å². The van der Waals surface area contributed by atoms with Gasteiger partial charge < -0.3 is 15.9 Å². The van der Waals surface area contributed by atoms with Crippen LogP contribution >= 0.6 is 0 Å². The maximum absolute atomic E-state index is 12.6. The van der Waals surface area contributed by atoms with Crippen molar-refractivity contribution in [3.8, 4) is 17.5 Å². The fourth-order valence-electron chi connectivity index (χ4n) is 2.37. The van der Waals surface area contributed by atoms with E-state index in [2.05, 4.69) is 4.98 Å². The van der Waals surface area contributed by atoms with Gasteiger partial charge >= 0.3 is 5.56 Å². The number of aromatic amines is 1. The Kier molecular flexibility index (Phi) is 4.82. The molecule has 0 atom stereocenters. The standard InChI is InChI=1S/C16H12N4O2.CH4O/c1-9-2-7-12-14(21)13(8-17)16(22)20(15(12)19-9)11-5-3-10(18)4-6-11;1-2/h2-7,21H,18H2,1H3;2H,1H3/p+1. The molecule has 5 N–H and O–H groups in total. The van der Waals surface area contributed by atoms with Gasteiger partial charge in [-0.2, -0.15) is 9.83 Å². The summed E-state index contributed by atoms with van der Waals surface area (Å²) < 4.78 is 1.36. The van der Waals surface area contributed by atoms with Crippen molar-refractivity contribution in [2.45, 2.75) is 6.92 Å². The number of anilines is 1. The van der Waals surface area contributed by atoms with Crippen LogP contribution < -0.4 is 16.3 Å². The highest BCUT2D eigenvalue weighted by Crippen LogP contribution is 2.25. The molecule has 0 saturated heterocycles. The summed E-state index contributed by atoms with van der Waals surface area (Å²) in [6.07, 6.45) is 0. The monoisotopic (exact) mass is 325 g/mol. The molecule has 1 aromatic carbocycles. The van der Waals surface area contributed by atoms with Gasteiger partial charge in [0.25, 0.3) is 5.65 Å². The molecule has 0 radical (unpaired) electrons. The second-order valence-corrected chi connectivity index (χ2v) is 4.97. The maximum Gasteiger partial charge on any atom is 0.360 e. The third kappa shape index (κ3) is 2.78. The Balaban J connectivity index is 0.00000100. The van der Waals surface area contributed by atoms with Gasteiger partial charge in [0.1, 0.15) is 17.1 Å². The zero-order valence-electron chi connectivity index (χ0n) is 13.2. The molecule has 0 aliphatic heterocycles. The van der Waals surface area contributed by atoms with Crippen LogP contribution in [0.2, 0.25) is 0 Å². The van der Waals surface area contributed by atoms with Crippen molar-refractivity contribution in [1.82, 2.24) is 4.57 Å². The smallest absolute Gasteiger partial charge is 0.360 e. The van der Waals surface area contributed by atoms with Gasteiger partial charge in [0.15, 0.2) is 11.3 Å². The Hall–Kier alpha value is -3.37. The molecule has 2 heterocycles. The SMILES string of the molecule is CO.Cc1ccc2c(O)c(C#N)c(=O)n(-c3ccc(N)cc3)c2[nH+]1. The van der Waals surface area contributed by atoms with E-state index in [0.717, 1.165) is 12.8 Å². The summed E-state index contributed by atoms with van der Waals surface area (Å²) in [5.74, 6) is -0.314. The number of aliphatic hydroxyl groups excluding tert-OH is 1. The fraction of sp³-hybridized carbons (Fsp3) is 0.118. The lowest BCUT2D eigenvalue weighted by atomic mass is 10.1. The quantitative estimate of drug-likeness (QED) is 0.572. The van der Waals surface area contributed by atoms with Crippen LogP contribution in [0.4, 0.5) is 5.69 Å². The number of hydrogen-bond donors (Lipinski definition) is 3. The van der Waals surface area contributed by atoms with Crippen LogP contribution in [0, 0.1) is 18.3 Å². The zero-order valence-corrected chi connectivity index (χ0v) is 13.2. The normalized spacial score (nSPS) is 9.92. The van der Waals surface area contributed by atoms with E-state index >= 15 is 0 Å². The Bertz CT molecular complexity index is 986. The third-order valence-corrected chi connectivity index (χ3v) is 3.47. The first-order chi connectivity index (χ1) is 11.5. The minimum absolute atomic E-state index is 0.290. The molecule has 0 saturated carbocycles. The second kappa shape index (κ2) is 6.81. The molecule has 3 aromatic rings. The van der Waals surface area contributed by atoms with Gasteiger partial charge in [0.05, 0.1) is 5.69 Å². The van der Waals surface area contributed by atoms with Crippen molar-refractivity contribution in [1.29, 1.82) is 5.26 Å². The maximum atomic E-state index is 12.6. The largest absolute Gasteiger partial charge is 0.505 e. The molecule has 7 heteroatoms. The van der Waals surface area contributed by atoms with Crippen LogP contribution in [0.3, 0.4) is 0 Å². The Morgan fingerprint density at radius 1 is 1.17 bits per heavy atom. The van der Waals surface area contributed by atoms with Gasteiger partial charge in [0, 0.05) is 12.8 Å². The lowest BCUT2D eigenvalue weighted by Crippen LogP contribution is -2.27. The lowest BCUT2D eigenvalue weighted by Gasteiger charge is -2.06. The first-order valence-corrected chi connectivity index (χ1v) is 7.04. The summed E-state index contributed by atoms with van der Waals surface area (Å²) in [7, 11) is 1.00. The number of nitrogens with one attached hydrogen (secondary N) is 1. The average Bonchev–Trinajstić information content (AvgIpc) is 2.58. The number of benzene rings is 1. The fourth-order valence-corrected chi connectivity index (χ4v) is 2.37. The number of aliphatic hydroxyl groups is 1.